The molecule has 216 valence electrons. The molecule has 3 aromatic carbocycles. The van der Waals surface area contributed by atoms with Gasteiger partial charge in [-0.25, -0.2) is 0 Å². The van der Waals surface area contributed by atoms with Crippen LogP contribution in [-0.2, 0) is 11.3 Å². The van der Waals surface area contributed by atoms with Crippen molar-refractivity contribution < 1.29 is 9.59 Å². The summed E-state index contributed by atoms with van der Waals surface area (Å²) >= 11 is 7.52. The number of amides is 2. The Hall–Kier alpha value is -4.28. The molecular formula is C31H32ClN7O2S. The topological polar surface area (TPSA) is 114 Å². The van der Waals surface area contributed by atoms with Gasteiger partial charge in [-0.2, -0.15) is 10.2 Å². The monoisotopic (exact) mass is 601 g/mol. The van der Waals surface area contributed by atoms with Crippen LogP contribution in [0.2, 0.25) is 5.02 Å². The number of benzene rings is 3. The molecule has 0 aliphatic rings. The first-order valence-electron chi connectivity index (χ1n) is 13.4. The van der Waals surface area contributed by atoms with Gasteiger partial charge in [0.15, 0.2) is 11.0 Å². The van der Waals surface area contributed by atoms with E-state index in [9.17, 15) is 9.59 Å². The smallest absolute Gasteiger partial charge is 0.253 e. The molecule has 0 fully saturated rings. The SMILES string of the molecule is C=CCn1c(SCC(=O)Nc2ccc(N=Nc3ccccc3)cc2)nnc1[C@@H](CC(C)C)NC(=O)c1ccccc1Cl. The Kier molecular flexibility index (Phi) is 11.0. The van der Waals surface area contributed by atoms with E-state index in [1.165, 1.54) is 11.8 Å². The molecule has 0 aliphatic heterocycles. The Morgan fingerprint density at radius 1 is 0.976 bits per heavy atom. The van der Waals surface area contributed by atoms with Crippen molar-refractivity contribution >= 4 is 52.2 Å². The highest BCUT2D eigenvalue weighted by Gasteiger charge is 2.25. The molecule has 0 unspecified atom stereocenters. The lowest BCUT2D eigenvalue weighted by molar-refractivity contribution is -0.113. The number of nitrogens with zero attached hydrogens (tertiary/aromatic N) is 5. The molecule has 2 N–H and O–H groups in total. The van der Waals surface area contributed by atoms with Gasteiger partial charge in [0.1, 0.15) is 0 Å². The van der Waals surface area contributed by atoms with Gasteiger partial charge < -0.3 is 15.2 Å². The zero-order valence-electron chi connectivity index (χ0n) is 23.4. The van der Waals surface area contributed by atoms with E-state index in [2.05, 4.69) is 51.5 Å². The fourth-order valence-electron chi connectivity index (χ4n) is 4.10. The number of aromatic nitrogens is 3. The van der Waals surface area contributed by atoms with Crippen LogP contribution in [-0.4, -0.2) is 32.3 Å². The lowest BCUT2D eigenvalue weighted by Crippen LogP contribution is -2.32. The normalized spacial score (nSPS) is 11.9. The number of rotatable bonds is 13. The van der Waals surface area contributed by atoms with Gasteiger partial charge in [0.25, 0.3) is 5.91 Å². The zero-order chi connectivity index (χ0) is 29.9. The molecular weight excluding hydrogens is 570 g/mol. The maximum absolute atomic E-state index is 13.1. The number of carbonyl (C=O) groups excluding carboxylic acids is 2. The molecule has 4 rings (SSSR count). The summed E-state index contributed by atoms with van der Waals surface area (Å²) in [4.78, 5) is 25.8. The molecule has 0 radical (unpaired) electrons. The lowest BCUT2D eigenvalue weighted by atomic mass is 10.0. The molecule has 1 atom stereocenters. The van der Waals surface area contributed by atoms with Crippen molar-refractivity contribution in [3.05, 3.63) is 108 Å². The van der Waals surface area contributed by atoms with Crippen LogP contribution in [0.5, 0.6) is 0 Å². The van der Waals surface area contributed by atoms with Gasteiger partial charge in [-0.05, 0) is 60.9 Å². The third-order valence-corrected chi connectivity index (χ3v) is 7.32. The van der Waals surface area contributed by atoms with E-state index in [1.54, 1.807) is 54.6 Å². The number of thioether (sulfide) groups is 1. The summed E-state index contributed by atoms with van der Waals surface area (Å²) in [7, 11) is 0. The molecule has 2 amide bonds. The second kappa shape index (κ2) is 15.1. The van der Waals surface area contributed by atoms with Crippen molar-refractivity contribution in [2.75, 3.05) is 11.1 Å². The molecule has 4 aromatic rings. The van der Waals surface area contributed by atoms with Crippen LogP contribution >= 0.6 is 23.4 Å². The third kappa shape index (κ3) is 8.61. The number of carbonyl (C=O) groups is 2. The number of azo groups is 1. The standard InChI is InChI=1S/C31H32ClN7O2S/c1-4-18-39-29(27(19-21(2)3)34-30(41)25-12-8-9-13-26(25)32)37-38-31(39)42-20-28(40)33-22-14-16-24(17-15-22)36-35-23-10-6-5-7-11-23/h4-17,21,27H,1,18-20H2,2-3H3,(H,33,40)(H,34,41)/t27-/m1/s1. The van der Waals surface area contributed by atoms with Crippen molar-refractivity contribution in [1.82, 2.24) is 20.1 Å². The summed E-state index contributed by atoms with van der Waals surface area (Å²) in [6.07, 6.45) is 2.37. The van der Waals surface area contributed by atoms with E-state index in [4.69, 9.17) is 11.6 Å². The van der Waals surface area contributed by atoms with Crippen LogP contribution in [0, 0.1) is 5.92 Å². The summed E-state index contributed by atoms with van der Waals surface area (Å²) in [5.41, 5.74) is 2.47. The molecule has 42 heavy (non-hydrogen) atoms. The molecule has 9 nitrogen and oxygen atoms in total. The van der Waals surface area contributed by atoms with Gasteiger partial charge in [0.05, 0.1) is 33.8 Å². The van der Waals surface area contributed by atoms with Crippen LogP contribution in [0.3, 0.4) is 0 Å². The Bertz CT molecular complexity index is 1540. The highest BCUT2D eigenvalue weighted by molar-refractivity contribution is 7.99. The second-order valence-electron chi connectivity index (χ2n) is 9.79. The fraction of sp³-hybridized carbons (Fsp3) is 0.226. The van der Waals surface area contributed by atoms with Gasteiger partial charge in [0.2, 0.25) is 5.91 Å². The van der Waals surface area contributed by atoms with Crippen molar-refractivity contribution in [3.8, 4) is 0 Å². The van der Waals surface area contributed by atoms with E-state index in [0.717, 1.165) is 5.69 Å². The molecule has 0 saturated carbocycles. The molecule has 1 heterocycles. The van der Waals surface area contributed by atoms with Gasteiger partial charge in [-0.15, -0.1) is 16.8 Å². The van der Waals surface area contributed by atoms with E-state index in [1.807, 2.05) is 34.9 Å². The Labute approximate surface area is 254 Å². The van der Waals surface area contributed by atoms with Crippen LogP contribution in [0.15, 0.2) is 107 Å². The van der Waals surface area contributed by atoms with Crippen LogP contribution in [0.25, 0.3) is 0 Å². The maximum Gasteiger partial charge on any atom is 0.253 e. The van der Waals surface area contributed by atoms with Gasteiger partial charge in [-0.1, -0.05) is 73.6 Å². The van der Waals surface area contributed by atoms with Crippen molar-refractivity contribution in [2.24, 2.45) is 16.1 Å². The summed E-state index contributed by atoms with van der Waals surface area (Å²) < 4.78 is 1.87. The number of allylic oxidation sites excluding steroid dienone is 1. The molecule has 0 spiro atoms. The number of hydrogen-bond acceptors (Lipinski definition) is 7. The van der Waals surface area contributed by atoms with Crippen molar-refractivity contribution in [2.45, 2.75) is 38.0 Å². The van der Waals surface area contributed by atoms with Crippen LogP contribution < -0.4 is 10.6 Å². The Morgan fingerprint density at radius 2 is 1.64 bits per heavy atom. The minimum Gasteiger partial charge on any atom is -0.342 e. The van der Waals surface area contributed by atoms with E-state index in [0.29, 0.717) is 45.9 Å². The zero-order valence-corrected chi connectivity index (χ0v) is 25.0. The first kappa shape index (κ1) is 30.7. The maximum atomic E-state index is 13.1. The largest absolute Gasteiger partial charge is 0.342 e. The summed E-state index contributed by atoms with van der Waals surface area (Å²) in [5, 5.41) is 24.1. The van der Waals surface area contributed by atoms with Crippen molar-refractivity contribution in [1.29, 1.82) is 0 Å². The minimum atomic E-state index is -0.415. The Balaban J connectivity index is 1.41. The second-order valence-corrected chi connectivity index (χ2v) is 11.1. The van der Waals surface area contributed by atoms with Crippen LogP contribution in [0.1, 0.15) is 42.5 Å². The average molecular weight is 602 g/mol. The van der Waals surface area contributed by atoms with E-state index in [-0.39, 0.29) is 23.5 Å². The van der Waals surface area contributed by atoms with Gasteiger partial charge in [0, 0.05) is 12.2 Å². The quantitative estimate of drug-likeness (QED) is 0.0922. The van der Waals surface area contributed by atoms with Crippen molar-refractivity contribution in [3.63, 3.8) is 0 Å². The average Bonchev–Trinajstić information content (AvgIpc) is 3.38. The highest BCUT2D eigenvalue weighted by Crippen LogP contribution is 2.27. The van der Waals surface area contributed by atoms with Gasteiger partial charge in [-0.3, -0.25) is 9.59 Å². The Morgan fingerprint density at radius 3 is 2.31 bits per heavy atom. The number of halogens is 1. The summed E-state index contributed by atoms with van der Waals surface area (Å²) in [6.45, 7) is 8.42. The molecule has 0 saturated heterocycles. The van der Waals surface area contributed by atoms with Gasteiger partial charge >= 0.3 is 0 Å². The predicted octanol–water partition coefficient (Wildman–Crippen LogP) is 7.78. The van der Waals surface area contributed by atoms with E-state index >= 15 is 0 Å². The first-order chi connectivity index (χ1) is 20.3. The number of anilines is 1. The van der Waals surface area contributed by atoms with E-state index < -0.39 is 6.04 Å². The molecule has 0 aliphatic carbocycles. The molecule has 1 aromatic heterocycles. The predicted molar refractivity (Wildman–Crippen MR) is 168 cm³/mol. The number of nitrogens with one attached hydrogen (secondary N) is 2. The fourth-order valence-corrected chi connectivity index (χ4v) is 5.07. The third-order valence-electron chi connectivity index (χ3n) is 6.02. The molecule has 0 bridgehead atoms. The van der Waals surface area contributed by atoms with Crippen LogP contribution in [0.4, 0.5) is 17.1 Å². The lowest BCUT2D eigenvalue weighted by Gasteiger charge is -2.21. The highest BCUT2D eigenvalue weighted by atomic mass is 35.5. The molecule has 11 heteroatoms. The first-order valence-corrected chi connectivity index (χ1v) is 14.8. The minimum absolute atomic E-state index is 0.117. The number of hydrogen-bond donors (Lipinski definition) is 2. The summed E-state index contributed by atoms with van der Waals surface area (Å²) in [5.74, 6) is 0.487. The summed E-state index contributed by atoms with van der Waals surface area (Å²) in [6, 6.07) is 23.1.